The van der Waals surface area contributed by atoms with E-state index in [4.69, 9.17) is 4.74 Å². The van der Waals surface area contributed by atoms with Crippen LogP contribution in [0.25, 0.3) is 0 Å². The van der Waals surface area contributed by atoms with E-state index in [0.717, 1.165) is 18.2 Å². The standard InChI is InChI=1S/C14H18FNO4/c1-8(13(19)20-14(2,3)4)16-12(18)10-7-9(15)5-6-11(10)17/h5-8,17H,1-4H3,(H,16,18)/t8-/m1/s1. The summed E-state index contributed by atoms with van der Waals surface area (Å²) >= 11 is 0. The summed E-state index contributed by atoms with van der Waals surface area (Å²) in [5.74, 6) is -2.37. The number of hydrogen-bond acceptors (Lipinski definition) is 4. The molecule has 0 aliphatic heterocycles. The Morgan fingerprint density at radius 2 is 1.95 bits per heavy atom. The number of hydrogen-bond donors (Lipinski definition) is 2. The third-order valence-corrected chi connectivity index (χ3v) is 2.31. The predicted octanol–water partition coefficient (Wildman–Crippen LogP) is 1.99. The topological polar surface area (TPSA) is 75.6 Å². The van der Waals surface area contributed by atoms with Gasteiger partial charge in [-0.1, -0.05) is 0 Å². The normalized spacial score (nSPS) is 12.7. The number of rotatable bonds is 3. The van der Waals surface area contributed by atoms with Gasteiger partial charge in [0.2, 0.25) is 0 Å². The van der Waals surface area contributed by atoms with E-state index in [1.54, 1.807) is 20.8 Å². The van der Waals surface area contributed by atoms with Crippen molar-refractivity contribution in [2.24, 2.45) is 0 Å². The molecule has 1 aromatic carbocycles. The van der Waals surface area contributed by atoms with E-state index in [0.29, 0.717) is 0 Å². The maximum atomic E-state index is 13.0. The van der Waals surface area contributed by atoms with Crippen molar-refractivity contribution in [2.45, 2.75) is 39.3 Å². The van der Waals surface area contributed by atoms with Crippen LogP contribution in [0.4, 0.5) is 4.39 Å². The second-order valence-electron chi connectivity index (χ2n) is 5.39. The van der Waals surface area contributed by atoms with Gasteiger partial charge in [0.05, 0.1) is 5.56 Å². The van der Waals surface area contributed by atoms with Gasteiger partial charge < -0.3 is 15.2 Å². The van der Waals surface area contributed by atoms with Gasteiger partial charge in [0, 0.05) is 0 Å². The molecule has 2 N–H and O–H groups in total. The van der Waals surface area contributed by atoms with Crippen molar-refractivity contribution >= 4 is 11.9 Å². The van der Waals surface area contributed by atoms with Crippen molar-refractivity contribution < 1.29 is 23.8 Å². The molecular formula is C14H18FNO4. The first-order chi connectivity index (χ1) is 9.10. The molecule has 1 rings (SSSR count). The van der Waals surface area contributed by atoms with E-state index >= 15 is 0 Å². The molecule has 0 saturated heterocycles. The van der Waals surface area contributed by atoms with Crippen LogP contribution in [0.5, 0.6) is 5.75 Å². The van der Waals surface area contributed by atoms with Crippen LogP contribution in [0.1, 0.15) is 38.1 Å². The molecule has 0 spiro atoms. The highest BCUT2D eigenvalue weighted by atomic mass is 19.1. The Balaban J connectivity index is 2.75. The lowest BCUT2D eigenvalue weighted by atomic mass is 10.1. The summed E-state index contributed by atoms with van der Waals surface area (Å²) < 4.78 is 18.1. The van der Waals surface area contributed by atoms with Crippen molar-refractivity contribution in [3.05, 3.63) is 29.6 Å². The molecule has 110 valence electrons. The van der Waals surface area contributed by atoms with Crippen LogP contribution >= 0.6 is 0 Å². The Kier molecular flexibility index (Phi) is 4.70. The van der Waals surface area contributed by atoms with Gasteiger partial charge in [-0.25, -0.2) is 9.18 Å². The summed E-state index contributed by atoms with van der Waals surface area (Å²) in [6, 6.07) is 2.09. The SMILES string of the molecule is C[C@@H](NC(=O)c1cc(F)ccc1O)C(=O)OC(C)(C)C. The molecule has 0 unspecified atom stereocenters. The lowest BCUT2D eigenvalue weighted by Crippen LogP contribution is -2.42. The third kappa shape index (κ3) is 4.53. The van der Waals surface area contributed by atoms with E-state index in [1.807, 2.05) is 0 Å². The molecule has 0 bridgehead atoms. The summed E-state index contributed by atoms with van der Waals surface area (Å²) in [7, 11) is 0. The number of ether oxygens (including phenoxy) is 1. The Morgan fingerprint density at radius 3 is 2.50 bits per heavy atom. The minimum Gasteiger partial charge on any atom is -0.507 e. The molecule has 0 heterocycles. The minimum absolute atomic E-state index is 0.236. The van der Waals surface area contributed by atoms with Crippen LogP contribution in [0, 0.1) is 5.82 Å². The zero-order valence-electron chi connectivity index (χ0n) is 11.9. The molecule has 0 fully saturated rings. The maximum absolute atomic E-state index is 13.0. The summed E-state index contributed by atoms with van der Waals surface area (Å²) in [5, 5.41) is 11.8. The van der Waals surface area contributed by atoms with Gasteiger partial charge in [-0.2, -0.15) is 0 Å². The lowest BCUT2D eigenvalue weighted by molar-refractivity contribution is -0.156. The molecule has 5 nitrogen and oxygen atoms in total. The maximum Gasteiger partial charge on any atom is 0.328 e. The summed E-state index contributed by atoms with van der Waals surface area (Å²) in [6.07, 6.45) is 0. The second-order valence-corrected chi connectivity index (χ2v) is 5.39. The molecular weight excluding hydrogens is 265 g/mol. The van der Waals surface area contributed by atoms with Gasteiger partial charge in [0.25, 0.3) is 5.91 Å². The number of amides is 1. The average molecular weight is 283 g/mol. The molecule has 0 radical (unpaired) electrons. The van der Waals surface area contributed by atoms with Crippen LogP contribution < -0.4 is 5.32 Å². The molecule has 1 aromatic rings. The highest BCUT2D eigenvalue weighted by Gasteiger charge is 2.24. The van der Waals surface area contributed by atoms with Crippen LogP contribution in [0.15, 0.2) is 18.2 Å². The zero-order valence-corrected chi connectivity index (χ0v) is 11.9. The van der Waals surface area contributed by atoms with Crippen LogP contribution in [0.2, 0.25) is 0 Å². The fraction of sp³-hybridized carbons (Fsp3) is 0.429. The number of nitrogens with one attached hydrogen (secondary N) is 1. The van der Waals surface area contributed by atoms with Gasteiger partial charge in [-0.15, -0.1) is 0 Å². The first kappa shape index (κ1) is 15.9. The lowest BCUT2D eigenvalue weighted by Gasteiger charge is -2.22. The number of phenols is 1. The first-order valence-electron chi connectivity index (χ1n) is 6.12. The van der Waals surface area contributed by atoms with Crippen molar-refractivity contribution in [3.8, 4) is 5.75 Å². The number of carbonyl (C=O) groups excluding carboxylic acids is 2. The number of halogens is 1. The Labute approximate surface area is 116 Å². The number of benzene rings is 1. The summed E-state index contributed by atoms with van der Waals surface area (Å²) in [6.45, 7) is 6.57. The van der Waals surface area contributed by atoms with Gasteiger partial charge in [0.1, 0.15) is 23.2 Å². The van der Waals surface area contributed by atoms with E-state index in [9.17, 15) is 19.1 Å². The van der Waals surface area contributed by atoms with Crippen LogP contribution in [-0.2, 0) is 9.53 Å². The molecule has 1 atom stereocenters. The fourth-order valence-corrected chi connectivity index (χ4v) is 1.41. The summed E-state index contributed by atoms with van der Waals surface area (Å²) in [5.41, 5.74) is -0.905. The zero-order chi connectivity index (χ0) is 15.5. The molecule has 0 aliphatic rings. The quantitative estimate of drug-likeness (QED) is 0.832. The average Bonchev–Trinajstić information content (AvgIpc) is 2.29. The minimum atomic E-state index is -0.913. The highest BCUT2D eigenvalue weighted by molar-refractivity contribution is 5.98. The van der Waals surface area contributed by atoms with Gasteiger partial charge in [0.15, 0.2) is 0 Å². The molecule has 0 aliphatic carbocycles. The van der Waals surface area contributed by atoms with Gasteiger partial charge >= 0.3 is 5.97 Å². The third-order valence-electron chi connectivity index (χ3n) is 2.31. The summed E-state index contributed by atoms with van der Waals surface area (Å²) in [4.78, 5) is 23.6. The van der Waals surface area contributed by atoms with Crippen molar-refractivity contribution in [2.75, 3.05) is 0 Å². The Bertz CT molecular complexity index is 522. The van der Waals surface area contributed by atoms with Crippen LogP contribution in [0.3, 0.4) is 0 Å². The molecule has 0 saturated carbocycles. The monoisotopic (exact) mass is 283 g/mol. The smallest absolute Gasteiger partial charge is 0.328 e. The van der Waals surface area contributed by atoms with E-state index in [2.05, 4.69) is 5.32 Å². The Morgan fingerprint density at radius 1 is 1.35 bits per heavy atom. The molecule has 1 amide bonds. The van der Waals surface area contributed by atoms with E-state index in [1.165, 1.54) is 6.92 Å². The Hall–Kier alpha value is -2.11. The molecule has 6 heteroatoms. The molecule has 0 aromatic heterocycles. The number of carbonyl (C=O) groups is 2. The predicted molar refractivity (Wildman–Crippen MR) is 70.8 cm³/mol. The van der Waals surface area contributed by atoms with E-state index < -0.39 is 29.3 Å². The highest BCUT2D eigenvalue weighted by Crippen LogP contribution is 2.18. The van der Waals surface area contributed by atoms with Gasteiger partial charge in [-0.05, 0) is 45.9 Å². The number of esters is 1. The number of aromatic hydroxyl groups is 1. The largest absolute Gasteiger partial charge is 0.507 e. The number of phenolic OH excluding ortho intramolecular Hbond substituents is 1. The fourth-order valence-electron chi connectivity index (χ4n) is 1.41. The van der Waals surface area contributed by atoms with Crippen molar-refractivity contribution in [3.63, 3.8) is 0 Å². The van der Waals surface area contributed by atoms with E-state index in [-0.39, 0.29) is 11.3 Å². The van der Waals surface area contributed by atoms with Crippen molar-refractivity contribution in [1.29, 1.82) is 0 Å². The second kappa shape index (κ2) is 5.90. The molecule has 20 heavy (non-hydrogen) atoms. The van der Waals surface area contributed by atoms with Crippen LogP contribution in [-0.4, -0.2) is 28.6 Å². The van der Waals surface area contributed by atoms with Gasteiger partial charge in [-0.3, -0.25) is 4.79 Å². The first-order valence-corrected chi connectivity index (χ1v) is 6.12. The van der Waals surface area contributed by atoms with Crippen molar-refractivity contribution in [1.82, 2.24) is 5.32 Å².